The molecule has 214 valence electrons. The predicted molar refractivity (Wildman–Crippen MR) is 153 cm³/mol. The number of aromatic nitrogens is 3. The van der Waals surface area contributed by atoms with Crippen LogP contribution in [0.25, 0.3) is 16.6 Å². The number of carbonyl (C=O) groups is 1. The molecular weight excluding hydrogens is 537 g/mol. The largest absolute Gasteiger partial charge is 0.473 e. The molecular formula is C32H30FN5O4. The first kappa shape index (κ1) is 27.6. The van der Waals surface area contributed by atoms with E-state index in [0.29, 0.717) is 30.1 Å². The number of benzene rings is 2. The number of carbonyl (C=O) groups excluding carboxylic acids is 1. The first-order valence-electron chi connectivity index (χ1n) is 13.9. The minimum Gasteiger partial charge on any atom is -0.473 e. The lowest BCUT2D eigenvalue weighted by molar-refractivity contribution is -0.0591. The Balaban J connectivity index is 1.14. The molecule has 4 heterocycles. The first-order chi connectivity index (χ1) is 20.5. The van der Waals surface area contributed by atoms with Crippen LogP contribution in [-0.4, -0.2) is 58.3 Å². The molecule has 0 N–H and O–H groups in total. The van der Waals surface area contributed by atoms with Crippen molar-refractivity contribution in [3.05, 3.63) is 94.7 Å². The van der Waals surface area contributed by atoms with Gasteiger partial charge in [-0.25, -0.2) is 19.2 Å². The van der Waals surface area contributed by atoms with E-state index in [9.17, 15) is 9.18 Å². The number of fused-ring (bicyclic) bond motifs is 1. The average Bonchev–Trinajstić information content (AvgIpc) is 3.34. The molecule has 2 aromatic heterocycles. The van der Waals surface area contributed by atoms with E-state index in [4.69, 9.17) is 24.5 Å². The molecule has 0 radical (unpaired) electrons. The van der Waals surface area contributed by atoms with Gasteiger partial charge in [0.25, 0.3) is 0 Å². The van der Waals surface area contributed by atoms with Crippen LogP contribution in [0.4, 0.5) is 4.39 Å². The highest BCUT2D eigenvalue weighted by molar-refractivity contribution is 5.93. The molecule has 1 saturated heterocycles. The van der Waals surface area contributed by atoms with Crippen molar-refractivity contribution in [1.29, 1.82) is 5.26 Å². The number of hydrogen-bond donors (Lipinski definition) is 0. The number of ether oxygens (including phenoxy) is 3. The Morgan fingerprint density at radius 3 is 2.79 bits per heavy atom. The van der Waals surface area contributed by atoms with Crippen LogP contribution in [0.5, 0.6) is 5.88 Å². The molecule has 2 aliphatic heterocycles. The molecule has 9 nitrogen and oxygen atoms in total. The SMILES string of the molecule is COC(=O)c1ccc2nc(CN3CC=C(c4cccc(OCc5ccc(C#N)cc5F)n4)CC3)n(CC3CCO3)c2c1. The van der Waals surface area contributed by atoms with Crippen LogP contribution in [0.15, 0.2) is 60.7 Å². The van der Waals surface area contributed by atoms with Gasteiger partial charge in [0.05, 0.1) is 60.2 Å². The maximum absolute atomic E-state index is 14.2. The van der Waals surface area contributed by atoms with Crippen molar-refractivity contribution in [3.8, 4) is 11.9 Å². The summed E-state index contributed by atoms with van der Waals surface area (Å²) in [6, 6.07) is 17.3. The van der Waals surface area contributed by atoms with Crippen molar-refractivity contribution in [2.75, 3.05) is 26.8 Å². The molecule has 0 spiro atoms. The number of halogens is 1. The third-order valence-electron chi connectivity index (χ3n) is 7.70. The molecule has 0 amide bonds. The molecule has 6 rings (SSSR count). The highest BCUT2D eigenvalue weighted by Crippen LogP contribution is 2.27. The average molecular weight is 568 g/mol. The van der Waals surface area contributed by atoms with Gasteiger partial charge in [0.1, 0.15) is 18.2 Å². The summed E-state index contributed by atoms with van der Waals surface area (Å²) < 4.78 is 32.8. The Bertz CT molecular complexity index is 1710. The van der Waals surface area contributed by atoms with Gasteiger partial charge in [-0.2, -0.15) is 5.26 Å². The molecule has 0 bridgehead atoms. The summed E-state index contributed by atoms with van der Waals surface area (Å²) in [5.41, 5.74) is 4.83. The number of methoxy groups -OCH3 is 1. The topological polar surface area (TPSA) is 102 Å². The van der Waals surface area contributed by atoms with Crippen LogP contribution in [0, 0.1) is 17.1 Å². The monoisotopic (exact) mass is 567 g/mol. The van der Waals surface area contributed by atoms with Gasteiger partial charge in [-0.05, 0) is 54.8 Å². The van der Waals surface area contributed by atoms with Crippen molar-refractivity contribution in [2.24, 2.45) is 0 Å². The fraction of sp³-hybridized carbons (Fsp3) is 0.312. The zero-order valence-electron chi connectivity index (χ0n) is 23.3. The van der Waals surface area contributed by atoms with Gasteiger partial charge in [-0.1, -0.05) is 18.2 Å². The van der Waals surface area contributed by atoms with E-state index in [2.05, 4.69) is 20.5 Å². The molecule has 0 aliphatic carbocycles. The predicted octanol–water partition coefficient (Wildman–Crippen LogP) is 4.89. The minimum atomic E-state index is -0.474. The van der Waals surface area contributed by atoms with Crippen LogP contribution in [-0.2, 0) is 29.2 Å². The highest BCUT2D eigenvalue weighted by Gasteiger charge is 2.24. The third-order valence-corrected chi connectivity index (χ3v) is 7.70. The van der Waals surface area contributed by atoms with Gasteiger partial charge in [0.15, 0.2) is 0 Å². The number of nitrogens with zero attached hydrogens (tertiary/aromatic N) is 5. The van der Waals surface area contributed by atoms with E-state index in [0.717, 1.165) is 60.7 Å². The fourth-order valence-electron chi connectivity index (χ4n) is 5.22. The lowest BCUT2D eigenvalue weighted by Gasteiger charge is -2.29. The summed E-state index contributed by atoms with van der Waals surface area (Å²) in [5, 5.41) is 8.93. The van der Waals surface area contributed by atoms with Gasteiger partial charge in [-0.15, -0.1) is 0 Å². The summed E-state index contributed by atoms with van der Waals surface area (Å²) in [6.07, 6.45) is 4.13. The summed E-state index contributed by atoms with van der Waals surface area (Å²) in [4.78, 5) is 24.1. The van der Waals surface area contributed by atoms with Crippen LogP contribution in [0.2, 0.25) is 0 Å². The van der Waals surface area contributed by atoms with Crippen molar-refractivity contribution in [1.82, 2.24) is 19.4 Å². The number of nitriles is 1. The lowest BCUT2D eigenvalue weighted by Crippen LogP contribution is -2.33. The van der Waals surface area contributed by atoms with Gasteiger partial charge >= 0.3 is 5.97 Å². The quantitative estimate of drug-likeness (QED) is 0.264. The maximum atomic E-state index is 14.2. The Morgan fingerprint density at radius 2 is 2.07 bits per heavy atom. The molecule has 10 heteroatoms. The number of imidazole rings is 1. The molecule has 1 atom stereocenters. The Morgan fingerprint density at radius 1 is 1.19 bits per heavy atom. The van der Waals surface area contributed by atoms with E-state index in [1.807, 2.05) is 30.3 Å². The highest BCUT2D eigenvalue weighted by atomic mass is 19.1. The minimum absolute atomic E-state index is 0.0227. The molecule has 1 unspecified atom stereocenters. The van der Waals surface area contributed by atoms with E-state index in [1.165, 1.54) is 13.2 Å². The maximum Gasteiger partial charge on any atom is 0.337 e. The molecule has 2 aromatic carbocycles. The molecule has 1 fully saturated rings. The van der Waals surface area contributed by atoms with Gasteiger partial charge < -0.3 is 18.8 Å². The van der Waals surface area contributed by atoms with Gasteiger partial charge in [0.2, 0.25) is 5.88 Å². The second-order valence-corrected chi connectivity index (χ2v) is 10.4. The van der Waals surface area contributed by atoms with Crippen molar-refractivity contribution in [3.63, 3.8) is 0 Å². The van der Waals surface area contributed by atoms with Crippen molar-refractivity contribution in [2.45, 2.75) is 38.6 Å². The first-order valence-corrected chi connectivity index (χ1v) is 13.9. The van der Waals surface area contributed by atoms with E-state index in [1.54, 1.807) is 24.3 Å². The van der Waals surface area contributed by atoms with E-state index in [-0.39, 0.29) is 24.2 Å². The number of hydrogen-bond acceptors (Lipinski definition) is 8. The molecule has 42 heavy (non-hydrogen) atoms. The molecule has 4 aromatic rings. The Hall–Kier alpha value is -4.59. The fourth-order valence-corrected chi connectivity index (χ4v) is 5.22. The van der Waals surface area contributed by atoms with E-state index >= 15 is 0 Å². The third kappa shape index (κ3) is 5.88. The van der Waals surface area contributed by atoms with Crippen LogP contribution >= 0.6 is 0 Å². The second kappa shape index (κ2) is 12.1. The number of rotatable bonds is 9. The standard InChI is InChI=1S/C32H30FN5O4/c1-40-32(39)23-7-8-28-29(16-23)38(18-25-11-14-41-25)30(35-28)19-37-12-9-22(10-13-37)27-3-2-4-31(36-27)42-20-24-6-5-21(17-34)15-26(24)33/h2-9,15-16,25H,10-14,18-20H2,1H3. The summed E-state index contributed by atoms with van der Waals surface area (Å²) in [5.74, 6) is 0.503. The van der Waals surface area contributed by atoms with Gasteiger partial charge in [-0.3, -0.25) is 4.90 Å². The molecule has 0 saturated carbocycles. The zero-order valence-corrected chi connectivity index (χ0v) is 23.3. The van der Waals surface area contributed by atoms with Gasteiger partial charge in [0, 0.05) is 31.3 Å². The van der Waals surface area contributed by atoms with Crippen molar-refractivity contribution < 1.29 is 23.4 Å². The molecule has 2 aliphatic rings. The normalized spacial score (nSPS) is 16.9. The van der Waals surface area contributed by atoms with Crippen LogP contribution < -0.4 is 4.74 Å². The summed E-state index contributed by atoms with van der Waals surface area (Å²) >= 11 is 0. The Kier molecular flexibility index (Phi) is 7.95. The Labute approximate surface area is 242 Å². The van der Waals surface area contributed by atoms with Crippen LogP contribution in [0.3, 0.4) is 0 Å². The number of pyridine rings is 1. The smallest absolute Gasteiger partial charge is 0.337 e. The van der Waals surface area contributed by atoms with Crippen molar-refractivity contribution >= 4 is 22.6 Å². The summed E-state index contributed by atoms with van der Waals surface area (Å²) in [7, 11) is 1.38. The zero-order chi connectivity index (χ0) is 29.1. The lowest BCUT2D eigenvalue weighted by atomic mass is 10.0. The second-order valence-electron chi connectivity index (χ2n) is 10.4. The number of esters is 1. The van der Waals surface area contributed by atoms with E-state index < -0.39 is 5.82 Å². The van der Waals surface area contributed by atoms with Crippen LogP contribution in [0.1, 0.15) is 45.8 Å². The summed E-state index contributed by atoms with van der Waals surface area (Å²) in [6.45, 7) is 3.70.